The quantitative estimate of drug-likeness (QED) is 0.523. The highest BCUT2D eigenvalue weighted by Gasteiger charge is 2.61. The summed E-state index contributed by atoms with van der Waals surface area (Å²) >= 11 is 0. The zero-order chi connectivity index (χ0) is 22.7. The molecule has 0 heterocycles. The van der Waals surface area contributed by atoms with Gasteiger partial charge in [0.1, 0.15) is 0 Å². The SMILES string of the molecule is CC(C)[C@H](C)[C@@H](O)[C@H](O)[C@@H](C)[C@H]1CC[C@@H]2[C@@H]3CC[C@H]4C[C@H](O)CC[C@@]4(C)[C@@H]3CC[C@@]12C. The van der Waals surface area contributed by atoms with Crippen LogP contribution in [0.25, 0.3) is 0 Å². The minimum Gasteiger partial charge on any atom is -0.393 e. The van der Waals surface area contributed by atoms with Crippen LogP contribution in [0, 0.1) is 58.2 Å². The summed E-state index contributed by atoms with van der Waals surface area (Å²) in [5, 5.41) is 32.3. The molecule has 4 aliphatic rings. The zero-order valence-electron chi connectivity index (χ0n) is 21.1. The van der Waals surface area contributed by atoms with E-state index in [0.29, 0.717) is 28.6 Å². The van der Waals surface area contributed by atoms with E-state index in [-0.39, 0.29) is 17.9 Å². The van der Waals surface area contributed by atoms with E-state index in [1.54, 1.807) is 0 Å². The Kier molecular flexibility index (Phi) is 6.65. The molecule has 4 rings (SSSR count). The summed E-state index contributed by atoms with van der Waals surface area (Å²) in [7, 11) is 0. The maximum absolute atomic E-state index is 11.1. The molecule has 0 saturated heterocycles. The van der Waals surface area contributed by atoms with E-state index >= 15 is 0 Å². The van der Waals surface area contributed by atoms with Crippen LogP contribution in [0.4, 0.5) is 0 Å². The van der Waals surface area contributed by atoms with Crippen molar-refractivity contribution in [2.45, 2.75) is 118 Å². The molecule has 0 aromatic carbocycles. The molecule has 0 aliphatic heterocycles. The standard InChI is InChI=1S/C28H50O3/c1-16(2)17(3)25(30)26(31)18(4)22-9-10-23-21-8-7-19-15-20(29)11-13-27(19,5)24(21)12-14-28(22,23)6/h16-26,29-31H,7-15H2,1-6H3/t17-,18-,19-,20+,21-,22+,23+,24+,25+,26+,27+,28-/m0/s1. The normalized spacial score (nSPS) is 49.0. The van der Waals surface area contributed by atoms with E-state index in [2.05, 4.69) is 41.5 Å². The van der Waals surface area contributed by atoms with Crippen LogP contribution in [0.15, 0.2) is 0 Å². The second-order valence-corrected chi connectivity index (χ2v) is 13.3. The predicted octanol–water partition coefficient (Wildman–Crippen LogP) is 5.66. The molecule has 12 atom stereocenters. The van der Waals surface area contributed by atoms with Gasteiger partial charge >= 0.3 is 0 Å². The first-order valence-corrected chi connectivity index (χ1v) is 13.5. The molecule has 4 fully saturated rings. The van der Waals surface area contributed by atoms with Crippen LogP contribution in [0.1, 0.15) is 99.3 Å². The molecule has 0 amide bonds. The topological polar surface area (TPSA) is 60.7 Å². The average Bonchev–Trinajstić information content (AvgIpc) is 3.09. The number of rotatable bonds is 5. The Morgan fingerprint density at radius 2 is 1.39 bits per heavy atom. The van der Waals surface area contributed by atoms with Crippen molar-refractivity contribution in [2.75, 3.05) is 0 Å². The van der Waals surface area contributed by atoms with Crippen LogP contribution in [0.3, 0.4) is 0 Å². The maximum Gasteiger partial charge on any atom is 0.0830 e. The summed E-state index contributed by atoms with van der Waals surface area (Å²) in [6.07, 6.45) is 9.68. The van der Waals surface area contributed by atoms with Gasteiger partial charge in [0.15, 0.2) is 0 Å². The zero-order valence-corrected chi connectivity index (χ0v) is 21.1. The van der Waals surface area contributed by atoms with Gasteiger partial charge in [0.05, 0.1) is 18.3 Å². The first-order chi connectivity index (χ1) is 14.5. The highest BCUT2D eigenvalue weighted by Crippen LogP contribution is 2.68. The van der Waals surface area contributed by atoms with E-state index in [4.69, 9.17) is 0 Å². The van der Waals surface area contributed by atoms with E-state index in [1.165, 1.54) is 44.9 Å². The van der Waals surface area contributed by atoms with Gasteiger partial charge in [-0.2, -0.15) is 0 Å². The first-order valence-electron chi connectivity index (χ1n) is 13.5. The molecule has 0 bridgehead atoms. The van der Waals surface area contributed by atoms with Gasteiger partial charge in [0.2, 0.25) is 0 Å². The third kappa shape index (κ3) is 3.83. The molecular formula is C28H50O3. The predicted molar refractivity (Wildman–Crippen MR) is 126 cm³/mol. The van der Waals surface area contributed by atoms with Gasteiger partial charge in [-0.15, -0.1) is 0 Å². The summed E-state index contributed by atoms with van der Waals surface area (Å²) in [6.45, 7) is 13.7. The molecule has 31 heavy (non-hydrogen) atoms. The first kappa shape index (κ1) is 24.0. The van der Waals surface area contributed by atoms with E-state index in [0.717, 1.165) is 30.6 Å². The van der Waals surface area contributed by atoms with Gasteiger partial charge < -0.3 is 15.3 Å². The van der Waals surface area contributed by atoms with Gasteiger partial charge in [-0.05, 0) is 116 Å². The molecule has 3 nitrogen and oxygen atoms in total. The smallest absolute Gasteiger partial charge is 0.0830 e. The van der Waals surface area contributed by atoms with Crippen molar-refractivity contribution in [1.82, 2.24) is 0 Å². The average molecular weight is 435 g/mol. The monoisotopic (exact) mass is 434 g/mol. The lowest BCUT2D eigenvalue weighted by Gasteiger charge is -2.61. The lowest BCUT2D eigenvalue weighted by atomic mass is 9.44. The molecule has 4 saturated carbocycles. The Labute approximate surface area is 191 Å². The third-order valence-corrected chi connectivity index (χ3v) is 11.8. The second kappa shape index (κ2) is 8.58. The summed E-state index contributed by atoms with van der Waals surface area (Å²) in [6, 6.07) is 0. The third-order valence-electron chi connectivity index (χ3n) is 11.8. The van der Waals surface area contributed by atoms with Crippen LogP contribution in [-0.2, 0) is 0 Å². The van der Waals surface area contributed by atoms with Crippen molar-refractivity contribution in [3.8, 4) is 0 Å². The second-order valence-electron chi connectivity index (χ2n) is 13.3. The molecular weight excluding hydrogens is 384 g/mol. The highest BCUT2D eigenvalue weighted by atomic mass is 16.3. The van der Waals surface area contributed by atoms with Crippen molar-refractivity contribution in [2.24, 2.45) is 58.2 Å². The van der Waals surface area contributed by atoms with E-state index in [1.807, 2.05) is 0 Å². The molecule has 3 N–H and O–H groups in total. The Balaban J connectivity index is 1.51. The summed E-state index contributed by atoms with van der Waals surface area (Å²) in [5.74, 6) is 4.30. The van der Waals surface area contributed by atoms with Gasteiger partial charge in [-0.3, -0.25) is 0 Å². The fraction of sp³-hybridized carbons (Fsp3) is 1.00. The van der Waals surface area contributed by atoms with Gasteiger partial charge in [-0.1, -0.05) is 41.5 Å². The fourth-order valence-corrected chi connectivity index (χ4v) is 9.39. The van der Waals surface area contributed by atoms with Crippen LogP contribution in [0.2, 0.25) is 0 Å². The van der Waals surface area contributed by atoms with Gasteiger partial charge in [0.25, 0.3) is 0 Å². The maximum atomic E-state index is 11.1. The minimum absolute atomic E-state index is 0.0682. The lowest BCUT2D eigenvalue weighted by Crippen LogP contribution is -2.54. The van der Waals surface area contributed by atoms with Crippen molar-refractivity contribution in [3.05, 3.63) is 0 Å². The summed E-state index contributed by atoms with van der Waals surface area (Å²) < 4.78 is 0. The molecule has 4 aliphatic carbocycles. The number of hydrogen-bond donors (Lipinski definition) is 3. The highest BCUT2D eigenvalue weighted by molar-refractivity contribution is 5.10. The van der Waals surface area contributed by atoms with Crippen LogP contribution >= 0.6 is 0 Å². The Hall–Kier alpha value is -0.120. The van der Waals surface area contributed by atoms with Crippen LogP contribution in [-0.4, -0.2) is 33.6 Å². The Bertz CT molecular complexity index is 634. The molecule has 0 aromatic rings. The summed E-state index contributed by atoms with van der Waals surface area (Å²) in [4.78, 5) is 0. The summed E-state index contributed by atoms with van der Waals surface area (Å²) in [5.41, 5.74) is 0.731. The van der Waals surface area contributed by atoms with Crippen molar-refractivity contribution < 1.29 is 15.3 Å². The van der Waals surface area contributed by atoms with Gasteiger partial charge in [0, 0.05) is 0 Å². The molecule has 0 unspecified atom stereocenters. The number of hydrogen-bond acceptors (Lipinski definition) is 3. The number of fused-ring (bicyclic) bond motifs is 5. The number of aliphatic hydroxyl groups excluding tert-OH is 3. The Morgan fingerprint density at radius 3 is 2.06 bits per heavy atom. The van der Waals surface area contributed by atoms with Crippen molar-refractivity contribution >= 4 is 0 Å². The Morgan fingerprint density at radius 1 is 0.742 bits per heavy atom. The minimum atomic E-state index is -0.628. The lowest BCUT2D eigenvalue weighted by molar-refractivity contribution is -0.136. The largest absolute Gasteiger partial charge is 0.393 e. The van der Waals surface area contributed by atoms with Crippen molar-refractivity contribution in [1.29, 1.82) is 0 Å². The fourth-order valence-electron chi connectivity index (χ4n) is 9.39. The van der Waals surface area contributed by atoms with Crippen LogP contribution in [0.5, 0.6) is 0 Å². The molecule has 180 valence electrons. The molecule has 0 radical (unpaired) electrons. The van der Waals surface area contributed by atoms with Crippen molar-refractivity contribution in [3.63, 3.8) is 0 Å². The van der Waals surface area contributed by atoms with Gasteiger partial charge in [-0.25, -0.2) is 0 Å². The molecule has 0 aromatic heterocycles. The van der Waals surface area contributed by atoms with E-state index < -0.39 is 12.2 Å². The molecule has 0 spiro atoms. The molecule has 3 heteroatoms. The van der Waals surface area contributed by atoms with E-state index in [9.17, 15) is 15.3 Å². The van der Waals surface area contributed by atoms with Crippen LogP contribution < -0.4 is 0 Å². The number of aliphatic hydroxyl groups is 3.